The standard InChI is InChI=1S/C20H20N2O3/c1-13-4-3-5-14-12-15(20(24)22-19(13)14)6-11-18(23)21-16-7-9-17(25-2)10-8-16/h3-5,7-10,12H,6,11H2,1-2H3,(H,21,23)(H,22,24). The van der Waals surface area contributed by atoms with Crippen LogP contribution in [0, 0.1) is 6.92 Å². The Morgan fingerprint density at radius 2 is 1.92 bits per heavy atom. The molecular weight excluding hydrogens is 316 g/mol. The minimum atomic E-state index is -0.140. The van der Waals surface area contributed by atoms with Gasteiger partial charge in [-0.2, -0.15) is 0 Å². The molecule has 0 bridgehead atoms. The van der Waals surface area contributed by atoms with Crippen LogP contribution >= 0.6 is 0 Å². The Bertz CT molecular complexity index is 959. The van der Waals surface area contributed by atoms with E-state index in [1.807, 2.05) is 31.2 Å². The number of anilines is 1. The number of fused-ring (bicyclic) bond motifs is 1. The highest BCUT2D eigenvalue weighted by Gasteiger charge is 2.08. The molecule has 0 fully saturated rings. The summed E-state index contributed by atoms with van der Waals surface area (Å²) >= 11 is 0. The molecule has 0 atom stereocenters. The maximum absolute atomic E-state index is 12.2. The lowest BCUT2D eigenvalue weighted by molar-refractivity contribution is -0.116. The highest BCUT2D eigenvalue weighted by Crippen LogP contribution is 2.17. The van der Waals surface area contributed by atoms with E-state index in [4.69, 9.17) is 4.74 Å². The molecule has 2 N–H and O–H groups in total. The van der Waals surface area contributed by atoms with E-state index in [0.717, 1.165) is 22.2 Å². The number of hydrogen-bond acceptors (Lipinski definition) is 3. The first-order chi connectivity index (χ1) is 12.1. The second kappa shape index (κ2) is 7.21. The summed E-state index contributed by atoms with van der Waals surface area (Å²) in [6.45, 7) is 1.96. The Kier molecular flexibility index (Phi) is 4.84. The monoisotopic (exact) mass is 336 g/mol. The van der Waals surface area contributed by atoms with Crippen molar-refractivity contribution >= 4 is 22.5 Å². The van der Waals surface area contributed by atoms with Crippen LogP contribution in [0.1, 0.15) is 17.5 Å². The number of ether oxygens (including phenoxy) is 1. The topological polar surface area (TPSA) is 71.2 Å². The second-order valence-corrected chi connectivity index (χ2v) is 5.94. The number of rotatable bonds is 5. The van der Waals surface area contributed by atoms with Gasteiger partial charge in [0, 0.05) is 17.7 Å². The summed E-state index contributed by atoms with van der Waals surface area (Å²) in [6.07, 6.45) is 0.633. The molecule has 25 heavy (non-hydrogen) atoms. The van der Waals surface area contributed by atoms with Crippen LogP contribution in [0.15, 0.2) is 53.3 Å². The second-order valence-electron chi connectivity index (χ2n) is 5.94. The molecule has 0 unspecified atom stereocenters. The Labute approximate surface area is 145 Å². The van der Waals surface area contributed by atoms with E-state index in [9.17, 15) is 9.59 Å². The number of amides is 1. The summed E-state index contributed by atoms with van der Waals surface area (Å²) in [7, 11) is 1.59. The van der Waals surface area contributed by atoms with Crippen molar-refractivity contribution in [2.24, 2.45) is 0 Å². The Balaban J connectivity index is 1.68. The van der Waals surface area contributed by atoms with Crippen LogP contribution in [-0.4, -0.2) is 18.0 Å². The van der Waals surface area contributed by atoms with E-state index in [1.54, 1.807) is 31.4 Å². The average molecular weight is 336 g/mol. The molecule has 0 aliphatic carbocycles. The summed E-state index contributed by atoms with van der Waals surface area (Å²) < 4.78 is 5.09. The minimum absolute atomic E-state index is 0.131. The molecule has 3 rings (SSSR count). The van der Waals surface area contributed by atoms with Gasteiger partial charge in [0.1, 0.15) is 5.75 Å². The molecule has 128 valence electrons. The molecule has 1 heterocycles. The average Bonchev–Trinajstić information content (AvgIpc) is 2.61. The molecule has 0 saturated heterocycles. The number of nitrogens with one attached hydrogen (secondary N) is 2. The number of pyridine rings is 1. The lowest BCUT2D eigenvalue weighted by Gasteiger charge is -2.07. The zero-order chi connectivity index (χ0) is 17.8. The van der Waals surface area contributed by atoms with Gasteiger partial charge in [0.25, 0.3) is 5.56 Å². The summed E-state index contributed by atoms with van der Waals surface area (Å²) in [6, 6.07) is 14.9. The summed E-state index contributed by atoms with van der Waals surface area (Å²) in [5.74, 6) is 0.602. The molecule has 1 amide bonds. The predicted octanol–water partition coefficient (Wildman–Crippen LogP) is 3.42. The molecule has 0 aliphatic rings. The number of benzene rings is 2. The summed E-state index contributed by atoms with van der Waals surface area (Å²) in [4.78, 5) is 27.3. The van der Waals surface area contributed by atoms with Crippen molar-refractivity contribution in [2.75, 3.05) is 12.4 Å². The van der Waals surface area contributed by atoms with E-state index >= 15 is 0 Å². The summed E-state index contributed by atoms with van der Waals surface area (Å²) in [5.41, 5.74) is 3.05. The Morgan fingerprint density at radius 1 is 1.16 bits per heavy atom. The zero-order valence-corrected chi connectivity index (χ0v) is 14.3. The zero-order valence-electron chi connectivity index (χ0n) is 14.3. The van der Waals surface area contributed by atoms with Crippen LogP contribution < -0.4 is 15.6 Å². The molecule has 0 aliphatic heterocycles. The van der Waals surface area contributed by atoms with Crippen LogP contribution in [-0.2, 0) is 11.2 Å². The van der Waals surface area contributed by atoms with Gasteiger partial charge in [-0.05, 0) is 54.6 Å². The van der Waals surface area contributed by atoms with Crippen molar-refractivity contribution in [3.05, 3.63) is 70.0 Å². The first kappa shape index (κ1) is 16.8. The van der Waals surface area contributed by atoms with Crippen molar-refractivity contribution in [3.8, 4) is 5.75 Å². The lowest BCUT2D eigenvalue weighted by Crippen LogP contribution is -2.17. The number of H-pyrrole nitrogens is 1. The van der Waals surface area contributed by atoms with Gasteiger partial charge in [0.15, 0.2) is 0 Å². The summed E-state index contributed by atoms with van der Waals surface area (Å²) in [5, 5.41) is 3.80. The van der Waals surface area contributed by atoms with Gasteiger partial charge in [0.2, 0.25) is 5.91 Å². The van der Waals surface area contributed by atoms with Crippen LogP contribution in [0.3, 0.4) is 0 Å². The first-order valence-electron chi connectivity index (χ1n) is 8.12. The van der Waals surface area contributed by atoms with Crippen LogP contribution in [0.5, 0.6) is 5.75 Å². The largest absolute Gasteiger partial charge is 0.497 e. The molecule has 0 spiro atoms. The Morgan fingerprint density at radius 3 is 2.64 bits per heavy atom. The predicted molar refractivity (Wildman–Crippen MR) is 99.3 cm³/mol. The van der Waals surface area contributed by atoms with Crippen molar-refractivity contribution < 1.29 is 9.53 Å². The number of carbonyl (C=O) groups is 1. The molecule has 0 radical (unpaired) electrons. The molecule has 5 nitrogen and oxygen atoms in total. The van der Waals surface area contributed by atoms with E-state index in [-0.39, 0.29) is 17.9 Å². The number of carbonyl (C=O) groups excluding carboxylic acids is 1. The molecule has 2 aromatic carbocycles. The minimum Gasteiger partial charge on any atom is -0.497 e. The molecule has 1 aromatic heterocycles. The molecule has 0 saturated carbocycles. The maximum Gasteiger partial charge on any atom is 0.251 e. The van der Waals surface area contributed by atoms with Gasteiger partial charge in [-0.25, -0.2) is 0 Å². The van der Waals surface area contributed by atoms with Crippen LogP contribution in [0.2, 0.25) is 0 Å². The van der Waals surface area contributed by atoms with E-state index < -0.39 is 0 Å². The number of aromatic amines is 1. The van der Waals surface area contributed by atoms with Crippen molar-refractivity contribution in [3.63, 3.8) is 0 Å². The number of para-hydroxylation sites is 1. The van der Waals surface area contributed by atoms with Crippen molar-refractivity contribution in [1.82, 2.24) is 4.98 Å². The van der Waals surface area contributed by atoms with Gasteiger partial charge >= 0.3 is 0 Å². The van der Waals surface area contributed by atoms with Crippen LogP contribution in [0.25, 0.3) is 10.9 Å². The molecule has 5 heteroatoms. The highest BCUT2D eigenvalue weighted by molar-refractivity contribution is 5.91. The number of aryl methyl sites for hydroxylation is 2. The SMILES string of the molecule is COc1ccc(NC(=O)CCc2cc3cccc(C)c3[nH]c2=O)cc1. The van der Waals surface area contributed by atoms with Gasteiger partial charge < -0.3 is 15.0 Å². The fourth-order valence-electron chi connectivity index (χ4n) is 2.76. The number of methoxy groups -OCH3 is 1. The molecular formula is C20H20N2O3. The molecule has 3 aromatic rings. The highest BCUT2D eigenvalue weighted by atomic mass is 16.5. The van der Waals surface area contributed by atoms with Crippen LogP contribution in [0.4, 0.5) is 5.69 Å². The fraction of sp³-hybridized carbons (Fsp3) is 0.200. The van der Waals surface area contributed by atoms with Gasteiger partial charge in [-0.3, -0.25) is 9.59 Å². The quantitative estimate of drug-likeness (QED) is 0.750. The lowest BCUT2D eigenvalue weighted by atomic mass is 10.1. The van der Waals surface area contributed by atoms with E-state index in [2.05, 4.69) is 10.3 Å². The van der Waals surface area contributed by atoms with Gasteiger partial charge in [-0.15, -0.1) is 0 Å². The first-order valence-corrected chi connectivity index (χ1v) is 8.12. The Hall–Kier alpha value is -3.08. The maximum atomic E-state index is 12.2. The number of hydrogen-bond donors (Lipinski definition) is 2. The fourth-order valence-corrected chi connectivity index (χ4v) is 2.76. The van der Waals surface area contributed by atoms with E-state index in [0.29, 0.717) is 17.7 Å². The smallest absolute Gasteiger partial charge is 0.251 e. The number of aromatic nitrogens is 1. The normalized spacial score (nSPS) is 10.6. The third-order valence-electron chi connectivity index (χ3n) is 4.16. The van der Waals surface area contributed by atoms with Crippen molar-refractivity contribution in [1.29, 1.82) is 0 Å². The van der Waals surface area contributed by atoms with E-state index in [1.165, 1.54) is 0 Å². The van der Waals surface area contributed by atoms with Gasteiger partial charge in [0.05, 0.1) is 12.6 Å². The third-order valence-corrected chi connectivity index (χ3v) is 4.16. The van der Waals surface area contributed by atoms with Gasteiger partial charge in [-0.1, -0.05) is 18.2 Å². The van der Waals surface area contributed by atoms with Crippen molar-refractivity contribution in [2.45, 2.75) is 19.8 Å². The third kappa shape index (κ3) is 3.88.